The number of hydrogen-bond donors (Lipinski definition) is 0. The average Bonchev–Trinajstić information content (AvgIpc) is 3.72. The van der Waals surface area contributed by atoms with Crippen LogP contribution in [0.1, 0.15) is 23.2 Å². The van der Waals surface area contributed by atoms with Crippen LogP contribution in [0, 0.1) is 0 Å². The van der Waals surface area contributed by atoms with Gasteiger partial charge in [0.15, 0.2) is 0 Å². The van der Waals surface area contributed by atoms with Crippen molar-refractivity contribution in [2.75, 3.05) is 25.0 Å². The number of nitrogens with zero attached hydrogens (tertiary/aromatic N) is 25. The number of rotatable bonds is 16. The van der Waals surface area contributed by atoms with Gasteiger partial charge in [-0.1, -0.05) is 0 Å². The highest BCUT2D eigenvalue weighted by molar-refractivity contribution is 5.89. The molecule has 3 aromatic rings. The van der Waals surface area contributed by atoms with Crippen LogP contribution in [0.3, 0.4) is 0 Å². The van der Waals surface area contributed by atoms with E-state index in [1.165, 1.54) is 37.7 Å². The van der Waals surface area contributed by atoms with Crippen LogP contribution in [0.5, 0.6) is 0 Å². The fourth-order valence-electron chi connectivity index (χ4n) is 3.64. The lowest BCUT2D eigenvalue weighted by molar-refractivity contribution is 0.0475. The Bertz CT molecular complexity index is 1890. The van der Waals surface area contributed by atoms with Gasteiger partial charge in [0.1, 0.15) is 0 Å². The van der Waals surface area contributed by atoms with E-state index in [1.54, 1.807) is 36.4 Å². The lowest BCUT2D eigenvalue weighted by Gasteiger charge is -2.17. The third-order valence-corrected chi connectivity index (χ3v) is 5.77. The van der Waals surface area contributed by atoms with Gasteiger partial charge in [-0.25, -0.2) is 4.79 Å². The van der Waals surface area contributed by atoms with Crippen molar-refractivity contribution in [2.24, 2.45) is 125 Å². The van der Waals surface area contributed by atoms with E-state index in [-0.39, 0.29) is 5.56 Å². The molecule has 27 heteroatoms. The third kappa shape index (κ3) is 14.2. The lowest BCUT2D eigenvalue weighted by Crippen LogP contribution is -2.17. The normalized spacial score (nSPS) is 14.7. The highest BCUT2D eigenvalue weighted by Gasteiger charge is 2.11. The first-order valence-corrected chi connectivity index (χ1v) is 14.2. The van der Waals surface area contributed by atoms with Crippen molar-refractivity contribution in [1.82, 2.24) is 0 Å². The lowest BCUT2D eigenvalue weighted by atomic mass is 10.2. The molecule has 51 heavy (non-hydrogen) atoms. The standard InChI is InChI=1S/C24H23N25O2/c1-25-30-31-32-33-34-35-36-37-38-39-40-41-42-43-44-45-46-47-48-51-24(50)18-4-6-19(7-5-18)26-27-20-8-10-21(11-9-20)28-29-22-12-14-23(15-13-22)49-16-2-3-17-49/h4-15H,2-3,16-17H2,1H3. The van der Waals surface area contributed by atoms with Gasteiger partial charge in [0.25, 0.3) is 0 Å². The monoisotopic (exact) mass is 693 g/mol. The molecule has 27 nitrogen and oxygen atoms in total. The fourth-order valence-corrected chi connectivity index (χ4v) is 3.64. The molecule has 0 aromatic heterocycles. The molecule has 0 aliphatic carbocycles. The highest BCUT2D eigenvalue weighted by atomic mass is 16.7. The molecule has 3 aromatic carbocycles. The Morgan fingerprint density at radius 3 is 1.20 bits per heavy atom. The molecule has 1 saturated heterocycles. The number of benzene rings is 3. The zero-order valence-corrected chi connectivity index (χ0v) is 26.3. The molecule has 0 unspecified atom stereocenters. The molecule has 0 N–H and O–H groups in total. The van der Waals surface area contributed by atoms with Gasteiger partial charge in [-0.2, -0.15) is 25.6 Å². The van der Waals surface area contributed by atoms with Crippen LogP contribution in [0.15, 0.2) is 198 Å². The van der Waals surface area contributed by atoms with E-state index < -0.39 is 5.97 Å². The summed E-state index contributed by atoms with van der Waals surface area (Å²) in [4.78, 5) is 19.1. The third-order valence-electron chi connectivity index (χ3n) is 5.77. The minimum atomic E-state index is -0.810. The van der Waals surface area contributed by atoms with E-state index in [9.17, 15) is 4.79 Å². The summed E-state index contributed by atoms with van der Waals surface area (Å²) >= 11 is 0. The zero-order chi connectivity index (χ0) is 35.6. The smallest absolute Gasteiger partial charge is 0.367 e. The summed E-state index contributed by atoms with van der Waals surface area (Å²) in [5.74, 6) is -0.810. The molecule has 0 spiro atoms. The number of carbonyl (C=O) groups is 1. The molecule has 4 rings (SSSR count). The Morgan fingerprint density at radius 2 is 0.804 bits per heavy atom. The Morgan fingerprint density at radius 1 is 0.471 bits per heavy atom. The van der Waals surface area contributed by atoms with Gasteiger partial charge >= 0.3 is 5.97 Å². The van der Waals surface area contributed by atoms with Gasteiger partial charge < -0.3 is 4.90 Å². The van der Waals surface area contributed by atoms with Crippen molar-refractivity contribution >= 4 is 34.4 Å². The van der Waals surface area contributed by atoms with Crippen LogP contribution in [0.25, 0.3) is 0 Å². The summed E-state index contributed by atoms with van der Waals surface area (Å²) in [7, 11) is 1.39. The number of hydrogen-bond acceptors (Lipinski definition) is 9. The number of carbonyl (C=O) groups excluding carboxylic acids is 1. The SMILES string of the molecule is CN=NN=NN=NN=NN=NN=NN=NN=NN=NN=NOC(=O)c1ccc(N=Nc2ccc(N=Nc3ccc(N4CCCC4)cc3)cc2)cc1. The van der Waals surface area contributed by atoms with Crippen LogP contribution in [-0.4, -0.2) is 26.1 Å². The second-order valence-corrected chi connectivity index (χ2v) is 8.94. The molecule has 1 aliphatic heterocycles. The molecule has 0 atom stereocenters. The molecule has 256 valence electrons. The van der Waals surface area contributed by atoms with Gasteiger partial charge in [0.05, 0.1) is 40.6 Å². The molecule has 1 heterocycles. The second kappa shape index (κ2) is 21.8. The maximum Gasteiger partial charge on any atom is 0.367 e. The first-order valence-electron chi connectivity index (χ1n) is 14.2. The van der Waals surface area contributed by atoms with Crippen LogP contribution < -0.4 is 4.90 Å². The number of anilines is 1. The van der Waals surface area contributed by atoms with Gasteiger partial charge in [-0.3, -0.25) is 4.84 Å². The van der Waals surface area contributed by atoms with Crippen molar-refractivity contribution < 1.29 is 9.63 Å². The van der Waals surface area contributed by atoms with E-state index in [2.05, 4.69) is 147 Å². The van der Waals surface area contributed by atoms with Gasteiger partial charge in [-0.15, -0.1) is 0 Å². The summed E-state index contributed by atoms with van der Waals surface area (Å²) < 4.78 is 0. The van der Waals surface area contributed by atoms with Crippen LogP contribution in [-0.2, 0) is 4.84 Å². The Labute approximate surface area is 285 Å². The van der Waals surface area contributed by atoms with Crippen LogP contribution in [0.2, 0.25) is 0 Å². The molecule has 0 amide bonds. The zero-order valence-electron chi connectivity index (χ0n) is 26.3. The predicted octanol–water partition coefficient (Wildman–Crippen LogP) is 10.6. The Balaban J connectivity index is 1.12. The van der Waals surface area contributed by atoms with Crippen LogP contribution in [0.4, 0.5) is 28.4 Å². The summed E-state index contributed by atoms with van der Waals surface area (Å²) in [5.41, 5.74) is 3.94. The first kappa shape index (κ1) is 36.0. The van der Waals surface area contributed by atoms with Gasteiger partial charge in [-0.05, 0) is 127 Å². The van der Waals surface area contributed by atoms with Gasteiger partial charge in [0.2, 0.25) is 0 Å². The van der Waals surface area contributed by atoms with E-state index in [1.807, 2.05) is 12.1 Å². The summed E-state index contributed by atoms with van der Waals surface area (Å²) in [6, 6.07) is 21.3. The Kier molecular flexibility index (Phi) is 15.4. The van der Waals surface area contributed by atoms with Crippen LogP contribution >= 0.6 is 0 Å². The van der Waals surface area contributed by atoms with Crippen molar-refractivity contribution in [3.8, 4) is 0 Å². The van der Waals surface area contributed by atoms with E-state index in [4.69, 9.17) is 0 Å². The van der Waals surface area contributed by atoms with Gasteiger partial charge in [0, 0.05) is 71.0 Å². The summed E-state index contributed by atoms with van der Waals surface area (Å²) in [5, 5.41) is 78.7. The summed E-state index contributed by atoms with van der Waals surface area (Å²) in [6.07, 6.45) is 2.46. The van der Waals surface area contributed by atoms with E-state index in [0.29, 0.717) is 17.1 Å². The minimum Gasteiger partial charge on any atom is -0.372 e. The second-order valence-electron chi connectivity index (χ2n) is 8.94. The maximum absolute atomic E-state index is 12.1. The maximum atomic E-state index is 12.1. The fraction of sp³-hybridized carbons (Fsp3) is 0.208. The molecule has 0 saturated carbocycles. The van der Waals surface area contributed by atoms with Crippen molar-refractivity contribution in [1.29, 1.82) is 0 Å². The minimum absolute atomic E-state index is 0.172. The molecule has 0 bridgehead atoms. The molecule has 1 fully saturated rings. The average molecular weight is 694 g/mol. The molecular weight excluding hydrogens is 670 g/mol. The van der Waals surface area contributed by atoms with E-state index in [0.717, 1.165) is 18.8 Å². The molecule has 0 radical (unpaired) electrons. The number of azo groups is 2. The van der Waals surface area contributed by atoms with Crippen molar-refractivity contribution in [3.05, 3.63) is 78.4 Å². The van der Waals surface area contributed by atoms with Crippen molar-refractivity contribution in [2.45, 2.75) is 12.8 Å². The first-order chi connectivity index (χ1) is 25.2. The molecule has 1 aliphatic rings. The van der Waals surface area contributed by atoms with Crippen molar-refractivity contribution in [3.63, 3.8) is 0 Å². The Hall–Kier alpha value is -7.87. The molecular formula is C24H23N25O2. The topological polar surface area (TPSA) is 326 Å². The van der Waals surface area contributed by atoms with E-state index >= 15 is 0 Å². The summed E-state index contributed by atoms with van der Waals surface area (Å²) in [6.45, 7) is 2.19. The predicted molar refractivity (Wildman–Crippen MR) is 169 cm³/mol. The highest BCUT2D eigenvalue weighted by Crippen LogP contribution is 2.26. The quantitative estimate of drug-likeness (QED) is 0.104. The largest absolute Gasteiger partial charge is 0.372 e.